The molecule has 2 heterocycles. The lowest BCUT2D eigenvalue weighted by atomic mass is 9.92. The van der Waals surface area contributed by atoms with Gasteiger partial charge in [0.2, 0.25) is 0 Å². The van der Waals surface area contributed by atoms with Gasteiger partial charge in [-0.05, 0) is 59.5 Å². The van der Waals surface area contributed by atoms with Crippen LogP contribution in [0.2, 0.25) is 10.0 Å². The SMILES string of the molecule is O=C(C(CCl)c1cc(-c2ccc(Cl)cc2)ns1)C(CCl)c1cc(-c2ccc(Cl)cc2)ns1. The quantitative estimate of drug-likeness (QED) is 0.211. The van der Waals surface area contributed by atoms with E-state index in [9.17, 15) is 4.79 Å². The summed E-state index contributed by atoms with van der Waals surface area (Å²) in [6.45, 7) is 0. The van der Waals surface area contributed by atoms with Crippen LogP contribution in [0.15, 0.2) is 60.7 Å². The first-order valence-electron chi connectivity index (χ1n) is 9.61. The average molecular weight is 542 g/mol. The van der Waals surface area contributed by atoms with Gasteiger partial charge in [-0.25, -0.2) is 0 Å². The molecule has 0 saturated carbocycles. The maximum atomic E-state index is 13.4. The van der Waals surface area contributed by atoms with E-state index in [1.807, 2.05) is 60.7 Å². The van der Waals surface area contributed by atoms with Gasteiger partial charge in [0.1, 0.15) is 0 Å². The molecule has 0 amide bonds. The van der Waals surface area contributed by atoms with Crippen molar-refractivity contribution in [1.82, 2.24) is 8.75 Å². The maximum absolute atomic E-state index is 13.4. The summed E-state index contributed by atoms with van der Waals surface area (Å²) in [5, 5.41) is 1.32. The van der Waals surface area contributed by atoms with E-state index in [1.54, 1.807) is 0 Å². The summed E-state index contributed by atoms with van der Waals surface area (Å²) < 4.78 is 9.02. The monoisotopic (exact) mass is 540 g/mol. The van der Waals surface area contributed by atoms with Crippen molar-refractivity contribution in [3.63, 3.8) is 0 Å². The zero-order chi connectivity index (χ0) is 22.7. The molecule has 2 aromatic heterocycles. The van der Waals surface area contributed by atoms with Crippen molar-refractivity contribution in [2.75, 3.05) is 11.8 Å². The number of alkyl halides is 2. The van der Waals surface area contributed by atoms with Crippen LogP contribution in [0.5, 0.6) is 0 Å². The van der Waals surface area contributed by atoms with Crippen LogP contribution in [0.1, 0.15) is 21.6 Å². The molecule has 0 fully saturated rings. The molecule has 2 aromatic carbocycles. The number of Topliss-reactive ketones (excluding diaryl/α,β-unsaturated/α-hetero) is 1. The van der Waals surface area contributed by atoms with Gasteiger partial charge in [-0.15, -0.1) is 23.2 Å². The van der Waals surface area contributed by atoms with Gasteiger partial charge in [0, 0.05) is 42.7 Å². The molecule has 0 saturated heterocycles. The van der Waals surface area contributed by atoms with Crippen molar-refractivity contribution in [1.29, 1.82) is 0 Å². The van der Waals surface area contributed by atoms with E-state index < -0.39 is 11.8 Å². The summed E-state index contributed by atoms with van der Waals surface area (Å²) in [5.74, 6) is -0.734. The molecule has 32 heavy (non-hydrogen) atoms. The van der Waals surface area contributed by atoms with Gasteiger partial charge in [0.15, 0.2) is 5.78 Å². The molecule has 9 heteroatoms. The van der Waals surface area contributed by atoms with Crippen molar-refractivity contribution in [3.05, 3.63) is 80.5 Å². The fraction of sp³-hybridized carbons (Fsp3) is 0.174. The number of ketones is 1. The van der Waals surface area contributed by atoms with Gasteiger partial charge < -0.3 is 0 Å². The Morgan fingerprint density at radius 2 is 1.09 bits per heavy atom. The Kier molecular flexibility index (Phi) is 7.87. The Hall–Kier alpha value is -1.47. The van der Waals surface area contributed by atoms with Gasteiger partial charge in [-0.1, -0.05) is 47.5 Å². The Balaban J connectivity index is 1.57. The fourth-order valence-electron chi connectivity index (χ4n) is 3.25. The summed E-state index contributed by atoms with van der Waals surface area (Å²) >= 11 is 27.0. The second-order valence-electron chi connectivity index (χ2n) is 7.06. The zero-order valence-corrected chi connectivity index (χ0v) is 21.1. The van der Waals surface area contributed by atoms with Crippen LogP contribution >= 0.6 is 69.5 Å². The number of aromatic nitrogens is 2. The number of carbonyl (C=O) groups is 1. The van der Waals surface area contributed by atoms with Gasteiger partial charge in [0.05, 0.1) is 23.2 Å². The third-order valence-electron chi connectivity index (χ3n) is 5.02. The second-order valence-corrected chi connectivity index (χ2v) is 10.2. The van der Waals surface area contributed by atoms with Crippen LogP contribution in [0.3, 0.4) is 0 Å². The largest absolute Gasteiger partial charge is 0.298 e. The van der Waals surface area contributed by atoms with Crippen molar-refractivity contribution >= 4 is 75.3 Å². The molecule has 0 aliphatic rings. The van der Waals surface area contributed by atoms with Crippen molar-refractivity contribution < 1.29 is 4.79 Å². The summed E-state index contributed by atoms with van der Waals surface area (Å²) in [6.07, 6.45) is 0. The highest BCUT2D eigenvalue weighted by atomic mass is 35.5. The molecule has 0 bridgehead atoms. The summed E-state index contributed by atoms with van der Waals surface area (Å²) in [6, 6.07) is 18.7. The van der Waals surface area contributed by atoms with E-state index in [2.05, 4.69) is 8.75 Å². The van der Waals surface area contributed by atoms with Crippen molar-refractivity contribution in [2.24, 2.45) is 0 Å². The average Bonchev–Trinajstić information content (AvgIpc) is 3.47. The van der Waals surface area contributed by atoms with Crippen molar-refractivity contribution in [2.45, 2.75) is 11.8 Å². The van der Waals surface area contributed by atoms with E-state index in [-0.39, 0.29) is 17.5 Å². The Morgan fingerprint density at radius 1 is 0.719 bits per heavy atom. The highest BCUT2D eigenvalue weighted by Crippen LogP contribution is 2.36. The molecule has 2 unspecified atom stereocenters. The number of hydrogen-bond donors (Lipinski definition) is 0. The molecule has 0 aliphatic heterocycles. The molecule has 0 aliphatic carbocycles. The summed E-state index contributed by atoms with van der Waals surface area (Å²) in [5.41, 5.74) is 3.44. The highest BCUT2D eigenvalue weighted by molar-refractivity contribution is 7.06. The molecule has 0 spiro atoms. The van der Waals surface area contributed by atoms with Crippen LogP contribution in [0, 0.1) is 0 Å². The topological polar surface area (TPSA) is 42.9 Å². The minimum atomic E-state index is -0.500. The molecule has 4 rings (SSSR count). The van der Waals surface area contributed by atoms with Crippen LogP contribution in [0.4, 0.5) is 0 Å². The highest BCUT2D eigenvalue weighted by Gasteiger charge is 2.31. The van der Waals surface area contributed by atoms with E-state index >= 15 is 0 Å². The normalized spacial score (nSPS) is 13.1. The Morgan fingerprint density at radius 3 is 1.44 bits per heavy atom. The molecule has 0 N–H and O–H groups in total. The fourth-order valence-corrected chi connectivity index (χ4v) is 6.03. The predicted octanol–water partition coefficient (Wildman–Crippen LogP) is 8.15. The lowest BCUT2D eigenvalue weighted by Gasteiger charge is -2.16. The minimum absolute atomic E-state index is 0.0346. The third kappa shape index (κ3) is 5.19. The number of benzene rings is 2. The Bertz CT molecular complexity index is 1110. The molecule has 4 aromatic rings. The predicted molar refractivity (Wildman–Crippen MR) is 137 cm³/mol. The van der Waals surface area contributed by atoms with Gasteiger partial charge in [0.25, 0.3) is 0 Å². The van der Waals surface area contributed by atoms with Crippen molar-refractivity contribution in [3.8, 4) is 22.5 Å². The van der Waals surface area contributed by atoms with Crippen LogP contribution in [-0.2, 0) is 4.79 Å². The molecule has 2 atom stereocenters. The molecule has 164 valence electrons. The number of nitrogens with zero attached hydrogens (tertiary/aromatic N) is 2. The first-order chi connectivity index (χ1) is 15.5. The van der Waals surface area contributed by atoms with Gasteiger partial charge in [-0.3, -0.25) is 4.79 Å². The molecular weight excluding hydrogens is 526 g/mol. The van der Waals surface area contributed by atoms with Gasteiger partial charge >= 0.3 is 0 Å². The third-order valence-corrected chi connectivity index (χ3v) is 7.94. The molecule has 3 nitrogen and oxygen atoms in total. The van der Waals surface area contributed by atoms with E-state index in [0.717, 1.165) is 32.3 Å². The number of carbonyl (C=O) groups excluding carboxylic acids is 1. The lowest BCUT2D eigenvalue weighted by molar-refractivity contribution is -0.120. The zero-order valence-electron chi connectivity index (χ0n) is 16.5. The number of halogens is 4. The maximum Gasteiger partial charge on any atom is 0.151 e. The van der Waals surface area contributed by atoms with E-state index in [0.29, 0.717) is 10.0 Å². The number of rotatable bonds is 8. The summed E-state index contributed by atoms with van der Waals surface area (Å²) in [4.78, 5) is 15.1. The standard InChI is InChI=1S/C23H16Cl4N2OS2/c24-11-17(21-9-19(28-31-21)13-1-5-15(26)6-2-13)23(30)18(12-25)22-10-20(29-32-22)14-3-7-16(27)8-4-14/h1-10,17-18H,11-12H2. The smallest absolute Gasteiger partial charge is 0.151 e. The van der Waals surface area contributed by atoms with Crippen LogP contribution in [-0.4, -0.2) is 26.3 Å². The van der Waals surface area contributed by atoms with E-state index in [4.69, 9.17) is 46.4 Å². The summed E-state index contributed by atoms with van der Waals surface area (Å²) in [7, 11) is 0. The first-order valence-corrected chi connectivity index (χ1v) is 13.0. The number of hydrogen-bond acceptors (Lipinski definition) is 5. The van der Waals surface area contributed by atoms with Crippen LogP contribution in [0.25, 0.3) is 22.5 Å². The van der Waals surface area contributed by atoms with Crippen LogP contribution < -0.4 is 0 Å². The molecular formula is C23H16Cl4N2OS2. The Labute approximate surface area is 214 Å². The second kappa shape index (κ2) is 10.6. The van der Waals surface area contributed by atoms with Gasteiger partial charge in [-0.2, -0.15) is 8.75 Å². The minimum Gasteiger partial charge on any atom is -0.298 e. The first kappa shape index (κ1) is 23.7. The van der Waals surface area contributed by atoms with E-state index in [1.165, 1.54) is 23.1 Å². The molecule has 0 radical (unpaired) electrons. The lowest BCUT2D eigenvalue weighted by Crippen LogP contribution is -2.22.